The first kappa shape index (κ1) is 14.4. The molecule has 3 aromatic carbocycles. The average Bonchev–Trinajstić information content (AvgIpc) is 2.55. The normalized spacial score (nSPS) is 12.1. The Balaban J connectivity index is 1.87. The van der Waals surface area contributed by atoms with E-state index in [1.807, 2.05) is 42.5 Å². The highest BCUT2D eigenvalue weighted by atomic mass is 35.5. The quantitative estimate of drug-likeness (QED) is 0.524. The van der Waals surface area contributed by atoms with E-state index in [9.17, 15) is 0 Å². The number of rotatable bonds is 3. The van der Waals surface area contributed by atoms with Gasteiger partial charge in [0.05, 0.1) is 5.69 Å². The Morgan fingerprint density at radius 2 is 1.64 bits per heavy atom. The zero-order valence-corrected chi connectivity index (χ0v) is 12.7. The standard InChI is InChI=1S/C19H15ClN2/c20-16-9-11-17(12-10-16)22-19(21)13-8-15-6-3-5-14-4-1-2-7-18(14)15/h1-13H,(H2,21,22)/b13-8+. The molecule has 2 N–H and O–H groups in total. The molecule has 0 saturated heterocycles. The van der Waals surface area contributed by atoms with Crippen LogP contribution in [0.3, 0.4) is 0 Å². The van der Waals surface area contributed by atoms with Gasteiger partial charge in [-0.25, -0.2) is 4.99 Å². The van der Waals surface area contributed by atoms with Crippen LogP contribution in [0.1, 0.15) is 5.56 Å². The van der Waals surface area contributed by atoms with Crippen molar-refractivity contribution in [2.75, 3.05) is 0 Å². The summed E-state index contributed by atoms with van der Waals surface area (Å²) in [5, 5.41) is 3.09. The largest absolute Gasteiger partial charge is 0.384 e. The van der Waals surface area contributed by atoms with Gasteiger partial charge in [-0.15, -0.1) is 0 Å². The maximum atomic E-state index is 5.97. The lowest BCUT2D eigenvalue weighted by molar-refractivity contribution is 1.48. The molecule has 0 atom stereocenters. The minimum atomic E-state index is 0.454. The Morgan fingerprint density at radius 1 is 0.909 bits per heavy atom. The van der Waals surface area contributed by atoms with E-state index in [1.165, 1.54) is 10.8 Å². The van der Waals surface area contributed by atoms with Gasteiger partial charge in [0, 0.05) is 5.02 Å². The molecule has 0 fully saturated rings. The van der Waals surface area contributed by atoms with Crippen molar-refractivity contribution in [1.82, 2.24) is 0 Å². The van der Waals surface area contributed by atoms with Gasteiger partial charge in [0.2, 0.25) is 0 Å². The number of halogens is 1. The second-order valence-electron chi connectivity index (χ2n) is 4.91. The van der Waals surface area contributed by atoms with Crippen molar-refractivity contribution in [1.29, 1.82) is 0 Å². The van der Waals surface area contributed by atoms with Crippen LogP contribution in [0, 0.1) is 0 Å². The van der Waals surface area contributed by atoms with Crippen molar-refractivity contribution >= 4 is 40.0 Å². The van der Waals surface area contributed by atoms with E-state index in [-0.39, 0.29) is 0 Å². The van der Waals surface area contributed by atoms with Gasteiger partial charge in [-0.05, 0) is 46.7 Å². The number of amidine groups is 1. The zero-order valence-electron chi connectivity index (χ0n) is 11.9. The number of nitrogens with two attached hydrogens (primary N) is 1. The van der Waals surface area contributed by atoms with E-state index >= 15 is 0 Å². The smallest absolute Gasteiger partial charge is 0.124 e. The predicted molar refractivity (Wildman–Crippen MR) is 95.7 cm³/mol. The number of benzene rings is 3. The minimum Gasteiger partial charge on any atom is -0.384 e. The lowest BCUT2D eigenvalue weighted by atomic mass is 10.0. The topological polar surface area (TPSA) is 38.4 Å². The molecule has 0 heterocycles. The van der Waals surface area contributed by atoms with Crippen LogP contribution in [0.25, 0.3) is 16.8 Å². The Labute approximate surface area is 134 Å². The van der Waals surface area contributed by atoms with E-state index in [2.05, 4.69) is 29.3 Å². The Morgan fingerprint density at radius 3 is 2.45 bits per heavy atom. The Kier molecular flexibility index (Phi) is 4.22. The first-order valence-corrected chi connectivity index (χ1v) is 7.36. The molecule has 0 bridgehead atoms. The molecule has 22 heavy (non-hydrogen) atoms. The van der Waals surface area contributed by atoms with Crippen molar-refractivity contribution in [3.8, 4) is 0 Å². The molecule has 108 valence electrons. The lowest BCUT2D eigenvalue weighted by Gasteiger charge is -2.01. The maximum Gasteiger partial charge on any atom is 0.124 e. The monoisotopic (exact) mass is 306 g/mol. The third-order valence-corrected chi connectivity index (χ3v) is 3.59. The highest BCUT2D eigenvalue weighted by Crippen LogP contribution is 2.20. The lowest BCUT2D eigenvalue weighted by Crippen LogP contribution is -2.06. The molecule has 3 heteroatoms. The second-order valence-corrected chi connectivity index (χ2v) is 5.35. The van der Waals surface area contributed by atoms with E-state index < -0.39 is 0 Å². The van der Waals surface area contributed by atoms with Crippen molar-refractivity contribution in [2.45, 2.75) is 0 Å². The van der Waals surface area contributed by atoms with Gasteiger partial charge in [-0.2, -0.15) is 0 Å². The molecule has 0 aliphatic carbocycles. The number of aliphatic imine (C=N–C) groups is 1. The van der Waals surface area contributed by atoms with Crippen LogP contribution in [-0.4, -0.2) is 5.84 Å². The molecule has 3 rings (SSSR count). The predicted octanol–water partition coefficient (Wildman–Crippen LogP) is 5.20. The van der Waals surface area contributed by atoms with Gasteiger partial charge < -0.3 is 5.73 Å². The fraction of sp³-hybridized carbons (Fsp3) is 0. The minimum absolute atomic E-state index is 0.454. The van der Waals surface area contributed by atoms with E-state index in [0.717, 1.165) is 11.3 Å². The van der Waals surface area contributed by atoms with Crippen LogP contribution < -0.4 is 5.73 Å². The highest BCUT2D eigenvalue weighted by Gasteiger charge is 1.97. The molecule has 3 aromatic rings. The van der Waals surface area contributed by atoms with Gasteiger partial charge in [-0.3, -0.25) is 0 Å². The summed E-state index contributed by atoms with van der Waals surface area (Å²) in [4.78, 5) is 4.34. The number of hydrogen-bond donors (Lipinski definition) is 1. The number of hydrogen-bond acceptors (Lipinski definition) is 1. The van der Waals surface area contributed by atoms with Crippen molar-refractivity contribution < 1.29 is 0 Å². The molecular weight excluding hydrogens is 292 g/mol. The van der Waals surface area contributed by atoms with Gasteiger partial charge in [0.25, 0.3) is 0 Å². The van der Waals surface area contributed by atoms with E-state index in [4.69, 9.17) is 17.3 Å². The van der Waals surface area contributed by atoms with Crippen LogP contribution >= 0.6 is 11.6 Å². The van der Waals surface area contributed by atoms with Crippen LogP contribution in [0.15, 0.2) is 77.8 Å². The summed E-state index contributed by atoms with van der Waals surface area (Å²) >= 11 is 5.85. The molecule has 0 radical (unpaired) electrons. The van der Waals surface area contributed by atoms with Gasteiger partial charge >= 0.3 is 0 Å². The van der Waals surface area contributed by atoms with Gasteiger partial charge in [0.15, 0.2) is 0 Å². The first-order chi connectivity index (χ1) is 10.7. The molecule has 0 saturated carbocycles. The molecule has 0 spiro atoms. The SMILES string of the molecule is NC(/C=C/c1cccc2ccccc12)=Nc1ccc(Cl)cc1. The van der Waals surface area contributed by atoms with Crippen molar-refractivity contribution in [3.05, 3.63) is 83.4 Å². The Bertz CT molecular complexity index is 843. The summed E-state index contributed by atoms with van der Waals surface area (Å²) in [6, 6.07) is 21.7. The van der Waals surface area contributed by atoms with Gasteiger partial charge in [0.1, 0.15) is 5.84 Å². The molecule has 0 unspecified atom stereocenters. The zero-order chi connectivity index (χ0) is 15.4. The van der Waals surface area contributed by atoms with Crippen LogP contribution in [0.2, 0.25) is 5.02 Å². The van der Waals surface area contributed by atoms with Crippen LogP contribution in [0.4, 0.5) is 5.69 Å². The van der Waals surface area contributed by atoms with Crippen molar-refractivity contribution in [2.24, 2.45) is 10.7 Å². The molecule has 0 aromatic heterocycles. The number of fused-ring (bicyclic) bond motifs is 1. The first-order valence-electron chi connectivity index (χ1n) is 6.98. The Hall–Kier alpha value is -2.58. The molecule has 0 amide bonds. The molecule has 2 nitrogen and oxygen atoms in total. The van der Waals surface area contributed by atoms with Crippen molar-refractivity contribution in [3.63, 3.8) is 0 Å². The summed E-state index contributed by atoms with van der Waals surface area (Å²) in [5.74, 6) is 0.454. The summed E-state index contributed by atoms with van der Waals surface area (Å²) in [6.45, 7) is 0. The van der Waals surface area contributed by atoms with E-state index in [0.29, 0.717) is 10.9 Å². The van der Waals surface area contributed by atoms with Crippen LogP contribution in [-0.2, 0) is 0 Å². The fourth-order valence-electron chi connectivity index (χ4n) is 2.27. The molecular formula is C19H15ClN2. The molecule has 0 aliphatic heterocycles. The fourth-order valence-corrected chi connectivity index (χ4v) is 2.40. The summed E-state index contributed by atoms with van der Waals surface area (Å²) in [7, 11) is 0. The third-order valence-electron chi connectivity index (χ3n) is 3.34. The third kappa shape index (κ3) is 3.35. The second kappa shape index (κ2) is 6.46. The highest BCUT2D eigenvalue weighted by molar-refractivity contribution is 6.30. The average molecular weight is 307 g/mol. The number of nitrogens with zero attached hydrogens (tertiary/aromatic N) is 1. The van der Waals surface area contributed by atoms with Crippen LogP contribution in [0.5, 0.6) is 0 Å². The summed E-state index contributed by atoms with van der Waals surface area (Å²) < 4.78 is 0. The molecule has 0 aliphatic rings. The van der Waals surface area contributed by atoms with Gasteiger partial charge in [-0.1, -0.05) is 60.1 Å². The summed E-state index contributed by atoms with van der Waals surface area (Å²) in [6.07, 6.45) is 3.80. The maximum absolute atomic E-state index is 5.97. The summed E-state index contributed by atoms with van der Waals surface area (Å²) in [5.41, 5.74) is 7.87. The van der Waals surface area contributed by atoms with E-state index in [1.54, 1.807) is 12.1 Å².